The Morgan fingerprint density at radius 3 is 2.63 bits per heavy atom. The Labute approximate surface area is 163 Å². The van der Waals surface area contributed by atoms with Crippen LogP contribution in [-0.2, 0) is 27.6 Å². The molecule has 0 spiro atoms. The highest BCUT2D eigenvalue weighted by Crippen LogP contribution is 2.25. The van der Waals surface area contributed by atoms with Gasteiger partial charge in [0, 0.05) is 10.9 Å². The highest BCUT2D eigenvalue weighted by atomic mass is 32.2. The Morgan fingerprint density at radius 1 is 1.07 bits per heavy atom. The molecule has 4 rings (SSSR count). The predicted molar refractivity (Wildman–Crippen MR) is 110 cm³/mol. The van der Waals surface area contributed by atoms with Crippen molar-refractivity contribution in [1.29, 1.82) is 0 Å². The fourth-order valence-electron chi connectivity index (χ4n) is 3.72. The van der Waals surface area contributed by atoms with E-state index in [9.17, 15) is 13.2 Å². The lowest BCUT2D eigenvalue weighted by Crippen LogP contribution is -2.41. The summed E-state index contributed by atoms with van der Waals surface area (Å²) in [4.78, 5) is 16.1. The number of sulfone groups is 1. The summed E-state index contributed by atoms with van der Waals surface area (Å²) in [6.07, 6.45) is 0.804. The van der Waals surface area contributed by atoms with Crippen molar-refractivity contribution in [3.63, 3.8) is 0 Å². The fraction of sp³-hybridized carbons (Fsp3) is 0.286. The molecule has 2 aromatic carbocycles. The van der Waals surface area contributed by atoms with Crippen LogP contribution in [0.15, 0.2) is 60.0 Å². The van der Waals surface area contributed by atoms with Crippen molar-refractivity contribution in [2.45, 2.75) is 25.4 Å². The van der Waals surface area contributed by atoms with Crippen LogP contribution in [0, 0.1) is 0 Å². The zero-order valence-corrected chi connectivity index (χ0v) is 16.5. The summed E-state index contributed by atoms with van der Waals surface area (Å²) in [7, 11) is -3.05. The van der Waals surface area contributed by atoms with Crippen LogP contribution in [0.4, 0.5) is 0 Å². The van der Waals surface area contributed by atoms with E-state index in [1.165, 1.54) is 0 Å². The van der Waals surface area contributed by atoms with E-state index in [1.54, 1.807) is 16.2 Å². The van der Waals surface area contributed by atoms with Gasteiger partial charge in [-0.15, -0.1) is 11.3 Å². The minimum absolute atomic E-state index is 0.0122. The minimum atomic E-state index is -3.05. The molecule has 0 bridgehead atoms. The second-order valence-electron chi connectivity index (χ2n) is 6.97. The average Bonchev–Trinajstić information content (AvgIpc) is 3.29. The van der Waals surface area contributed by atoms with Gasteiger partial charge < -0.3 is 4.90 Å². The molecule has 1 saturated heterocycles. The van der Waals surface area contributed by atoms with Crippen molar-refractivity contribution in [3.8, 4) is 0 Å². The normalized spacial score (nSPS) is 18.6. The Morgan fingerprint density at radius 2 is 1.89 bits per heavy atom. The Kier molecular flexibility index (Phi) is 5.02. The predicted octanol–water partition coefficient (Wildman–Crippen LogP) is 3.66. The molecule has 1 atom stereocenters. The van der Waals surface area contributed by atoms with Crippen LogP contribution in [0.2, 0.25) is 0 Å². The lowest BCUT2D eigenvalue weighted by molar-refractivity contribution is -0.132. The van der Waals surface area contributed by atoms with Crippen molar-refractivity contribution in [3.05, 3.63) is 70.4 Å². The highest BCUT2D eigenvalue weighted by molar-refractivity contribution is 7.91. The van der Waals surface area contributed by atoms with E-state index in [0.717, 1.165) is 21.2 Å². The van der Waals surface area contributed by atoms with Crippen molar-refractivity contribution >= 4 is 37.9 Å². The van der Waals surface area contributed by atoms with Gasteiger partial charge in [-0.05, 0) is 34.2 Å². The standard InChI is InChI=1S/C21H21NO3S2/c23-21(13-17-7-3-6-16-5-1-2-9-20(16)17)22(14-19-8-4-11-26-19)18-10-12-27(24,25)15-18/h1-9,11,18H,10,12-15H2/t18-/m1/s1. The molecule has 1 aliphatic rings. The third kappa shape index (κ3) is 4.06. The van der Waals surface area contributed by atoms with Crippen LogP contribution < -0.4 is 0 Å². The van der Waals surface area contributed by atoms with E-state index >= 15 is 0 Å². The zero-order valence-electron chi connectivity index (χ0n) is 14.9. The summed E-state index contributed by atoms with van der Waals surface area (Å²) >= 11 is 1.59. The quantitative estimate of drug-likeness (QED) is 0.658. The number of carbonyl (C=O) groups excluding carboxylic acids is 1. The molecule has 0 aliphatic carbocycles. The highest BCUT2D eigenvalue weighted by Gasteiger charge is 2.34. The number of nitrogens with zero attached hydrogens (tertiary/aromatic N) is 1. The van der Waals surface area contributed by atoms with E-state index in [1.807, 2.05) is 60.0 Å². The van der Waals surface area contributed by atoms with E-state index < -0.39 is 9.84 Å². The Hall–Kier alpha value is -2.18. The van der Waals surface area contributed by atoms with E-state index in [0.29, 0.717) is 13.0 Å². The topological polar surface area (TPSA) is 54.5 Å². The molecule has 3 aromatic rings. The molecular weight excluding hydrogens is 378 g/mol. The molecule has 1 aliphatic heterocycles. The molecular formula is C21H21NO3S2. The van der Waals surface area contributed by atoms with Crippen LogP contribution in [0.5, 0.6) is 0 Å². The Bertz CT molecular complexity index is 1050. The SMILES string of the molecule is O=C(Cc1cccc2ccccc12)N(Cc1cccs1)[C@@H]1CCS(=O)(=O)C1. The van der Waals surface area contributed by atoms with E-state index in [-0.39, 0.29) is 29.9 Å². The van der Waals surface area contributed by atoms with Gasteiger partial charge in [-0.1, -0.05) is 48.5 Å². The molecule has 4 nitrogen and oxygen atoms in total. The molecule has 1 amide bonds. The van der Waals surface area contributed by atoms with Crippen LogP contribution >= 0.6 is 11.3 Å². The van der Waals surface area contributed by atoms with Crippen LogP contribution in [0.3, 0.4) is 0 Å². The van der Waals surface area contributed by atoms with Gasteiger partial charge in [0.2, 0.25) is 5.91 Å². The first-order valence-electron chi connectivity index (χ1n) is 9.01. The maximum Gasteiger partial charge on any atom is 0.227 e. The summed E-state index contributed by atoms with van der Waals surface area (Å²) in [5.41, 5.74) is 0.982. The van der Waals surface area contributed by atoms with Gasteiger partial charge in [0.25, 0.3) is 0 Å². The number of thiophene rings is 1. The third-order valence-electron chi connectivity index (χ3n) is 5.10. The molecule has 1 fully saturated rings. The first-order chi connectivity index (χ1) is 13.0. The number of hydrogen-bond acceptors (Lipinski definition) is 4. The fourth-order valence-corrected chi connectivity index (χ4v) is 6.16. The maximum absolute atomic E-state index is 13.2. The summed E-state index contributed by atoms with van der Waals surface area (Å²) < 4.78 is 23.9. The summed E-state index contributed by atoms with van der Waals surface area (Å²) in [5, 5.41) is 4.16. The van der Waals surface area contributed by atoms with Crippen LogP contribution in [0.1, 0.15) is 16.9 Å². The average molecular weight is 400 g/mol. The minimum Gasteiger partial charge on any atom is -0.333 e. The summed E-state index contributed by atoms with van der Waals surface area (Å²) in [6, 6.07) is 17.7. The lowest BCUT2D eigenvalue weighted by Gasteiger charge is -2.28. The number of benzene rings is 2. The van der Waals surface area contributed by atoms with Crippen LogP contribution in [0.25, 0.3) is 10.8 Å². The van der Waals surface area contributed by atoms with Gasteiger partial charge in [-0.2, -0.15) is 0 Å². The van der Waals surface area contributed by atoms with Gasteiger partial charge in [-0.25, -0.2) is 8.42 Å². The van der Waals surface area contributed by atoms with Crippen molar-refractivity contribution in [2.75, 3.05) is 11.5 Å². The molecule has 0 N–H and O–H groups in total. The maximum atomic E-state index is 13.2. The molecule has 0 unspecified atom stereocenters. The van der Waals surface area contributed by atoms with Gasteiger partial charge in [-0.3, -0.25) is 4.79 Å². The van der Waals surface area contributed by atoms with Crippen LogP contribution in [-0.4, -0.2) is 36.8 Å². The molecule has 0 saturated carbocycles. The number of carbonyl (C=O) groups is 1. The first-order valence-corrected chi connectivity index (χ1v) is 11.7. The monoisotopic (exact) mass is 399 g/mol. The second kappa shape index (κ2) is 7.44. The molecule has 27 heavy (non-hydrogen) atoms. The number of hydrogen-bond donors (Lipinski definition) is 0. The van der Waals surface area contributed by atoms with Gasteiger partial charge >= 0.3 is 0 Å². The van der Waals surface area contributed by atoms with Gasteiger partial charge in [0.15, 0.2) is 9.84 Å². The molecule has 2 heterocycles. The molecule has 140 valence electrons. The summed E-state index contributed by atoms with van der Waals surface area (Å²) in [5.74, 6) is 0.224. The lowest BCUT2D eigenvalue weighted by atomic mass is 10.0. The first kappa shape index (κ1) is 18.2. The van der Waals surface area contributed by atoms with Crippen molar-refractivity contribution < 1.29 is 13.2 Å². The van der Waals surface area contributed by atoms with Gasteiger partial charge in [0.05, 0.1) is 24.5 Å². The van der Waals surface area contributed by atoms with Crippen molar-refractivity contribution in [1.82, 2.24) is 4.90 Å². The van der Waals surface area contributed by atoms with Crippen molar-refractivity contribution in [2.24, 2.45) is 0 Å². The number of fused-ring (bicyclic) bond motifs is 1. The number of rotatable bonds is 5. The van der Waals surface area contributed by atoms with E-state index in [2.05, 4.69) is 0 Å². The van der Waals surface area contributed by atoms with Gasteiger partial charge in [0.1, 0.15) is 0 Å². The molecule has 0 radical (unpaired) electrons. The second-order valence-corrected chi connectivity index (χ2v) is 10.2. The number of amides is 1. The summed E-state index contributed by atoms with van der Waals surface area (Å²) in [6.45, 7) is 0.474. The molecule has 1 aromatic heterocycles. The largest absolute Gasteiger partial charge is 0.333 e. The zero-order chi connectivity index (χ0) is 18.9. The van der Waals surface area contributed by atoms with E-state index in [4.69, 9.17) is 0 Å². The Balaban J connectivity index is 1.61. The smallest absolute Gasteiger partial charge is 0.227 e. The molecule has 6 heteroatoms. The third-order valence-corrected chi connectivity index (χ3v) is 7.71.